The quantitative estimate of drug-likeness (QED) is 0.134. The molecule has 0 saturated heterocycles. The van der Waals surface area contributed by atoms with E-state index in [1.54, 1.807) is 40.6 Å². The topological polar surface area (TPSA) is 74.6 Å². The van der Waals surface area contributed by atoms with Crippen molar-refractivity contribution in [3.8, 4) is 23.0 Å². The molecule has 0 N–H and O–H groups in total. The average Bonchev–Trinajstić information content (AvgIpc) is 2.99. The second-order valence-electron chi connectivity index (χ2n) is 9.43. The lowest BCUT2D eigenvalue weighted by atomic mass is 9.88. The molecule has 2 heterocycles. The van der Waals surface area contributed by atoms with E-state index in [1.807, 2.05) is 29.2 Å². The lowest BCUT2D eigenvalue weighted by molar-refractivity contribution is 0.0156. The van der Waals surface area contributed by atoms with E-state index in [2.05, 4.69) is 43.5 Å². The normalized spacial score (nSPS) is 20.1. The molecule has 0 aliphatic carbocycles. The third-order valence-corrected chi connectivity index (χ3v) is 8.18. The number of hydrogen-bond donors (Lipinski definition) is 0. The van der Waals surface area contributed by atoms with Gasteiger partial charge in [0.15, 0.2) is 6.17 Å². The first-order chi connectivity index (χ1) is 19.7. The number of rotatable bonds is 10. The zero-order chi connectivity index (χ0) is 29.7. The number of benzene rings is 2. The average molecular weight is 746 g/mol. The van der Waals surface area contributed by atoms with E-state index in [4.69, 9.17) is 28.7 Å². The van der Waals surface area contributed by atoms with Gasteiger partial charge in [0.2, 0.25) is 0 Å². The van der Waals surface area contributed by atoms with Gasteiger partial charge in [-0.05, 0) is 59.3 Å². The summed E-state index contributed by atoms with van der Waals surface area (Å²) in [6, 6.07) is 13.8. The Morgan fingerprint density at radius 1 is 0.927 bits per heavy atom. The molecule has 0 amide bonds. The van der Waals surface area contributed by atoms with Crippen molar-refractivity contribution in [3.05, 3.63) is 75.8 Å². The van der Waals surface area contributed by atoms with Crippen molar-refractivity contribution in [2.24, 2.45) is 4.99 Å². The molecule has 0 unspecified atom stereocenters. The summed E-state index contributed by atoms with van der Waals surface area (Å²) in [6.45, 7) is 2.06. The third-order valence-electron chi connectivity index (χ3n) is 6.87. The number of nitrogens with zero attached hydrogens (tertiary/aromatic N) is 3. The second kappa shape index (κ2) is 13.4. The lowest BCUT2D eigenvalue weighted by Gasteiger charge is -2.41. The number of methoxy groups -OCH3 is 4. The number of alkyl halides is 2. The van der Waals surface area contributed by atoms with Gasteiger partial charge in [0.05, 0.1) is 41.5 Å². The maximum absolute atomic E-state index is 16.0. The van der Waals surface area contributed by atoms with Crippen LogP contribution < -0.4 is 18.9 Å². The molecule has 0 bridgehead atoms. The van der Waals surface area contributed by atoms with E-state index >= 15 is 8.78 Å². The molecule has 0 radical (unpaired) electrons. The van der Waals surface area contributed by atoms with Gasteiger partial charge in [-0.25, -0.2) is 18.8 Å². The van der Waals surface area contributed by atoms with E-state index in [0.29, 0.717) is 32.0 Å². The predicted octanol–water partition coefficient (Wildman–Crippen LogP) is 6.46. The monoisotopic (exact) mass is 745 g/mol. The number of halogens is 4. The van der Waals surface area contributed by atoms with Crippen LogP contribution in [0.1, 0.15) is 23.7 Å². The molecule has 41 heavy (non-hydrogen) atoms. The van der Waals surface area contributed by atoms with E-state index < -0.39 is 23.6 Å². The van der Waals surface area contributed by atoms with Crippen LogP contribution in [0, 0.1) is 5.82 Å². The van der Waals surface area contributed by atoms with Crippen LogP contribution >= 0.6 is 38.5 Å². The Morgan fingerprint density at radius 2 is 1.49 bits per heavy atom. The Balaban J connectivity index is 1.86. The van der Waals surface area contributed by atoms with Gasteiger partial charge in [-0.15, -0.1) is 0 Å². The van der Waals surface area contributed by atoms with Crippen molar-refractivity contribution >= 4 is 44.5 Å². The van der Waals surface area contributed by atoms with Crippen LogP contribution in [0.25, 0.3) is 0 Å². The van der Waals surface area contributed by atoms with Gasteiger partial charge < -0.3 is 28.6 Å². The van der Waals surface area contributed by atoms with Gasteiger partial charge >= 0.3 is 0 Å². The summed E-state index contributed by atoms with van der Waals surface area (Å²) in [6.07, 6.45) is -2.57. The van der Waals surface area contributed by atoms with Crippen LogP contribution in [-0.2, 0) is 23.4 Å². The standard InChI is InChI=1S/C29H31BrF2IN3O5/c1-29(27-21(31)10-11-25(30)34-27)26(32)24(14-33)41-28(35-29)36(15-17-6-8-19(37-2)12-22(17)39-4)16-18-7-9-20(38-3)13-23(18)40-5/h6-13,24,26H,14-16H2,1-5H3/t24-,26+,29+/m1/s1. The van der Waals surface area contributed by atoms with Crippen molar-refractivity contribution in [1.29, 1.82) is 0 Å². The summed E-state index contributed by atoms with van der Waals surface area (Å²) in [5, 5.41) is 0. The molecule has 2 aromatic carbocycles. The molecule has 3 aromatic rings. The van der Waals surface area contributed by atoms with Gasteiger partial charge in [0.1, 0.15) is 50.8 Å². The van der Waals surface area contributed by atoms with Crippen molar-refractivity contribution < 1.29 is 32.5 Å². The number of aliphatic imine (C=N–C) groups is 1. The first-order valence-electron chi connectivity index (χ1n) is 12.6. The molecule has 0 spiro atoms. The van der Waals surface area contributed by atoms with E-state index in [-0.39, 0.29) is 24.8 Å². The van der Waals surface area contributed by atoms with Crippen LogP contribution in [-0.4, -0.2) is 61.0 Å². The van der Waals surface area contributed by atoms with Gasteiger partial charge in [0, 0.05) is 27.7 Å². The fourth-order valence-corrected chi connectivity index (χ4v) is 5.56. The minimum absolute atomic E-state index is 0.112. The molecule has 4 rings (SSSR count). The molecule has 0 saturated carbocycles. The predicted molar refractivity (Wildman–Crippen MR) is 164 cm³/mol. The molecule has 1 aliphatic rings. The maximum Gasteiger partial charge on any atom is 0.289 e. The summed E-state index contributed by atoms with van der Waals surface area (Å²) in [5.74, 6) is 1.78. The lowest BCUT2D eigenvalue weighted by Crippen LogP contribution is -2.52. The van der Waals surface area contributed by atoms with Crippen molar-refractivity contribution in [1.82, 2.24) is 9.88 Å². The first kappa shape index (κ1) is 31.1. The summed E-state index contributed by atoms with van der Waals surface area (Å²) in [4.78, 5) is 10.9. The zero-order valence-electron chi connectivity index (χ0n) is 23.3. The largest absolute Gasteiger partial charge is 0.497 e. The Morgan fingerprint density at radius 3 is 1.98 bits per heavy atom. The molecule has 8 nitrogen and oxygen atoms in total. The number of ether oxygens (including phenoxy) is 5. The highest BCUT2D eigenvalue weighted by Gasteiger charge is 2.50. The van der Waals surface area contributed by atoms with Crippen LogP contribution in [0.4, 0.5) is 8.78 Å². The molecule has 220 valence electrons. The van der Waals surface area contributed by atoms with Crippen molar-refractivity contribution in [2.45, 2.75) is 37.8 Å². The Bertz CT molecular complexity index is 1360. The Hall–Kier alpha value is -2.87. The number of amidine groups is 1. The van der Waals surface area contributed by atoms with Crippen LogP contribution in [0.15, 0.2) is 58.1 Å². The third kappa shape index (κ3) is 6.63. The maximum atomic E-state index is 16.0. The fourth-order valence-electron chi connectivity index (χ4n) is 4.62. The molecule has 1 aliphatic heterocycles. The fraction of sp³-hybridized carbons (Fsp3) is 0.379. The summed E-state index contributed by atoms with van der Waals surface area (Å²) < 4.78 is 60.0. The van der Waals surface area contributed by atoms with Crippen molar-refractivity contribution in [2.75, 3.05) is 32.9 Å². The Labute approximate surface area is 260 Å². The van der Waals surface area contributed by atoms with Gasteiger partial charge in [-0.2, -0.15) is 0 Å². The smallest absolute Gasteiger partial charge is 0.289 e. The van der Waals surface area contributed by atoms with E-state index in [0.717, 1.165) is 11.1 Å². The second-order valence-corrected chi connectivity index (χ2v) is 11.1. The highest BCUT2D eigenvalue weighted by atomic mass is 127. The minimum Gasteiger partial charge on any atom is -0.497 e. The van der Waals surface area contributed by atoms with E-state index in [9.17, 15) is 0 Å². The highest BCUT2D eigenvalue weighted by molar-refractivity contribution is 14.1. The molecule has 0 fully saturated rings. The van der Waals surface area contributed by atoms with E-state index in [1.165, 1.54) is 19.1 Å². The Kier molecular flexibility index (Phi) is 10.2. The molecular formula is C29H31BrF2IN3O5. The SMILES string of the molecule is COc1ccc(CN(Cc2ccc(OC)cc2OC)C2=N[C@](C)(c3nc(Br)ccc3F)[C@@H](F)[C@@H](CI)O2)c(OC)c1. The van der Waals surface area contributed by atoms with Gasteiger partial charge in [-0.3, -0.25) is 0 Å². The molecule has 1 aromatic heterocycles. The minimum atomic E-state index is -1.66. The van der Waals surface area contributed by atoms with Crippen LogP contribution in [0.2, 0.25) is 0 Å². The van der Waals surface area contributed by atoms with Crippen LogP contribution in [0.5, 0.6) is 23.0 Å². The number of hydrogen-bond acceptors (Lipinski definition) is 8. The number of aromatic nitrogens is 1. The summed E-state index contributed by atoms with van der Waals surface area (Å²) >= 11 is 5.35. The van der Waals surface area contributed by atoms with Gasteiger partial charge in [-0.1, -0.05) is 22.6 Å². The summed E-state index contributed by atoms with van der Waals surface area (Å²) in [5.41, 5.74) is -0.175. The first-order valence-corrected chi connectivity index (χ1v) is 14.9. The van der Waals surface area contributed by atoms with Crippen LogP contribution in [0.3, 0.4) is 0 Å². The summed E-state index contributed by atoms with van der Waals surface area (Å²) in [7, 11) is 6.30. The highest BCUT2D eigenvalue weighted by Crippen LogP contribution is 2.40. The number of pyridine rings is 1. The van der Waals surface area contributed by atoms with Gasteiger partial charge in [0.25, 0.3) is 6.02 Å². The molecular weight excluding hydrogens is 715 g/mol. The zero-order valence-corrected chi connectivity index (χ0v) is 27.0. The molecule has 3 atom stereocenters. The molecule has 12 heteroatoms. The van der Waals surface area contributed by atoms with Crippen molar-refractivity contribution in [3.63, 3.8) is 0 Å².